The van der Waals surface area contributed by atoms with E-state index in [4.69, 9.17) is 4.74 Å². The molecule has 1 aliphatic heterocycles. The third kappa shape index (κ3) is 1.67. The molecule has 0 radical (unpaired) electrons. The maximum atomic E-state index is 12.4. The second-order valence-corrected chi connectivity index (χ2v) is 8.50. The van der Waals surface area contributed by atoms with Crippen LogP contribution in [0, 0.1) is 28.6 Å². The average Bonchev–Trinajstić information content (AvgIpc) is 2.71. The molecule has 3 heteroatoms. The summed E-state index contributed by atoms with van der Waals surface area (Å²) in [6, 6.07) is 0. The SMILES string of the molecule is CC1=CC[C@@]23C[C@]2(C)CC[C@@H]2[C@H](OC(=O)[C@H]2CN(C)C)[C@@H]13. The summed E-state index contributed by atoms with van der Waals surface area (Å²) in [6.07, 6.45) is 7.54. The van der Waals surface area contributed by atoms with Gasteiger partial charge in [-0.1, -0.05) is 18.6 Å². The van der Waals surface area contributed by atoms with E-state index in [2.05, 4.69) is 38.9 Å². The molecule has 0 aromatic heterocycles. The van der Waals surface area contributed by atoms with Gasteiger partial charge in [-0.3, -0.25) is 4.79 Å². The summed E-state index contributed by atoms with van der Waals surface area (Å²) in [4.78, 5) is 14.5. The first-order valence-electron chi connectivity index (χ1n) is 8.40. The van der Waals surface area contributed by atoms with E-state index in [-0.39, 0.29) is 18.0 Å². The number of nitrogens with zero attached hydrogens (tertiary/aromatic N) is 1. The number of ether oxygens (including phenoxy) is 1. The van der Waals surface area contributed by atoms with E-state index >= 15 is 0 Å². The minimum atomic E-state index is 0.0535. The first-order chi connectivity index (χ1) is 9.88. The summed E-state index contributed by atoms with van der Waals surface area (Å²) in [5.74, 6) is 1.05. The molecular weight excluding hydrogens is 262 g/mol. The van der Waals surface area contributed by atoms with E-state index in [9.17, 15) is 4.79 Å². The lowest BCUT2D eigenvalue weighted by Gasteiger charge is -2.30. The van der Waals surface area contributed by atoms with Crippen LogP contribution in [-0.4, -0.2) is 37.6 Å². The Labute approximate surface area is 127 Å². The van der Waals surface area contributed by atoms with Crippen LogP contribution < -0.4 is 0 Å². The maximum Gasteiger partial charge on any atom is 0.310 e. The Kier molecular flexibility index (Phi) is 2.71. The molecule has 4 rings (SSSR count). The van der Waals surface area contributed by atoms with Gasteiger partial charge in [0.25, 0.3) is 0 Å². The van der Waals surface area contributed by atoms with Gasteiger partial charge in [0.05, 0.1) is 5.92 Å². The van der Waals surface area contributed by atoms with Crippen molar-refractivity contribution in [2.24, 2.45) is 28.6 Å². The second kappa shape index (κ2) is 4.13. The van der Waals surface area contributed by atoms with Crippen LogP contribution in [0.25, 0.3) is 0 Å². The smallest absolute Gasteiger partial charge is 0.310 e. The van der Waals surface area contributed by atoms with Crippen LogP contribution in [0.2, 0.25) is 0 Å². The summed E-state index contributed by atoms with van der Waals surface area (Å²) in [6.45, 7) is 5.56. The second-order valence-electron chi connectivity index (χ2n) is 8.50. The normalized spacial score (nSPS) is 50.9. The van der Waals surface area contributed by atoms with E-state index < -0.39 is 0 Å². The van der Waals surface area contributed by atoms with Crippen molar-refractivity contribution in [1.82, 2.24) is 4.90 Å². The maximum absolute atomic E-state index is 12.4. The van der Waals surface area contributed by atoms with E-state index in [0.29, 0.717) is 22.7 Å². The predicted octanol–water partition coefficient (Wildman–Crippen LogP) is 2.86. The number of rotatable bonds is 2. The number of allylic oxidation sites excluding steroid dienone is 1. The summed E-state index contributed by atoms with van der Waals surface area (Å²) >= 11 is 0. The topological polar surface area (TPSA) is 29.5 Å². The Morgan fingerprint density at radius 3 is 2.90 bits per heavy atom. The highest BCUT2D eigenvalue weighted by Crippen LogP contribution is 2.78. The zero-order valence-electron chi connectivity index (χ0n) is 13.7. The predicted molar refractivity (Wildman–Crippen MR) is 81.7 cm³/mol. The van der Waals surface area contributed by atoms with Gasteiger partial charge in [-0.25, -0.2) is 0 Å². The third-order valence-corrected chi connectivity index (χ3v) is 7.07. The number of hydrogen-bond donors (Lipinski definition) is 0. The highest BCUT2D eigenvalue weighted by molar-refractivity contribution is 5.76. The molecule has 21 heavy (non-hydrogen) atoms. The van der Waals surface area contributed by atoms with Gasteiger partial charge in [-0.15, -0.1) is 0 Å². The van der Waals surface area contributed by atoms with Crippen LogP contribution in [0.3, 0.4) is 0 Å². The number of carbonyl (C=O) groups excluding carboxylic acids is 1. The van der Waals surface area contributed by atoms with Crippen molar-refractivity contribution >= 4 is 5.97 Å². The average molecular weight is 289 g/mol. The molecule has 116 valence electrons. The van der Waals surface area contributed by atoms with Crippen molar-refractivity contribution in [3.05, 3.63) is 11.6 Å². The van der Waals surface area contributed by atoms with E-state index in [0.717, 1.165) is 13.0 Å². The Balaban J connectivity index is 1.69. The Morgan fingerprint density at radius 2 is 2.19 bits per heavy atom. The van der Waals surface area contributed by atoms with Crippen LogP contribution in [0.1, 0.15) is 39.5 Å². The highest BCUT2D eigenvalue weighted by atomic mass is 16.6. The van der Waals surface area contributed by atoms with E-state index in [1.807, 2.05) is 0 Å². The molecule has 6 atom stereocenters. The molecule has 1 heterocycles. The molecule has 0 unspecified atom stereocenters. The molecule has 0 N–H and O–H groups in total. The van der Waals surface area contributed by atoms with Crippen LogP contribution in [0.4, 0.5) is 0 Å². The molecule has 0 bridgehead atoms. The fourth-order valence-corrected chi connectivity index (χ4v) is 5.88. The third-order valence-electron chi connectivity index (χ3n) is 7.07. The molecule has 2 saturated carbocycles. The largest absolute Gasteiger partial charge is 0.461 e. The van der Waals surface area contributed by atoms with Gasteiger partial charge >= 0.3 is 5.97 Å². The lowest BCUT2D eigenvalue weighted by atomic mass is 9.76. The van der Waals surface area contributed by atoms with Gasteiger partial charge < -0.3 is 9.64 Å². The molecule has 4 aliphatic rings. The Morgan fingerprint density at radius 1 is 1.43 bits per heavy atom. The van der Waals surface area contributed by atoms with Crippen LogP contribution in [0.15, 0.2) is 11.6 Å². The molecule has 0 aromatic rings. The van der Waals surface area contributed by atoms with Crippen LogP contribution in [0.5, 0.6) is 0 Å². The fourth-order valence-electron chi connectivity index (χ4n) is 5.88. The van der Waals surface area contributed by atoms with Crippen molar-refractivity contribution in [3.8, 4) is 0 Å². The zero-order valence-corrected chi connectivity index (χ0v) is 13.7. The fraction of sp³-hybridized carbons (Fsp3) is 0.833. The number of hydrogen-bond acceptors (Lipinski definition) is 3. The van der Waals surface area contributed by atoms with Crippen molar-refractivity contribution in [3.63, 3.8) is 0 Å². The molecule has 3 aliphatic carbocycles. The summed E-state index contributed by atoms with van der Waals surface area (Å²) in [7, 11) is 4.11. The lowest BCUT2D eigenvalue weighted by molar-refractivity contribution is -0.146. The van der Waals surface area contributed by atoms with Crippen molar-refractivity contribution in [1.29, 1.82) is 0 Å². The quantitative estimate of drug-likeness (QED) is 0.578. The molecule has 1 saturated heterocycles. The number of carbonyl (C=O) groups is 1. The zero-order chi connectivity index (χ0) is 15.0. The first-order valence-corrected chi connectivity index (χ1v) is 8.40. The summed E-state index contributed by atoms with van der Waals surface area (Å²) in [5, 5.41) is 0. The van der Waals surface area contributed by atoms with Gasteiger partial charge in [0.2, 0.25) is 0 Å². The first kappa shape index (κ1) is 13.8. The van der Waals surface area contributed by atoms with Gasteiger partial charge in [0.1, 0.15) is 6.10 Å². The number of fused-ring (bicyclic) bond motifs is 2. The van der Waals surface area contributed by atoms with Crippen molar-refractivity contribution in [2.75, 3.05) is 20.6 Å². The van der Waals surface area contributed by atoms with Crippen LogP contribution >= 0.6 is 0 Å². The van der Waals surface area contributed by atoms with Gasteiger partial charge in [-0.05, 0) is 57.5 Å². The standard InChI is InChI=1S/C18H27NO2/c1-11-5-8-18-10-17(18,2)7-6-12-13(9-19(3)4)16(20)21-15(12)14(11)18/h5,12-15H,6-10H2,1-4H3/t12-,13-,14+,15-,17-,18-/m0/s1. The summed E-state index contributed by atoms with van der Waals surface area (Å²) in [5.41, 5.74) is 2.39. The van der Waals surface area contributed by atoms with Gasteiger partial charge in [0, 0.05) is 18.4 Å². The van der Waals surface area contributed by atoms with Gasteiger partial charge in [0.15, 0.2) is 0 Å². The minimum Gasteiger partial charge on any atom is -0.461 e. The minimum absolute atomic E-state index is 0.0535. The van der Waals surface area contributed by atoms with E-state index in [1.165, 1.54) is 24.8 Å². The Bertz CT molecular complexity index is 525. The molecule has 0 aromatic carbocycles. The highest BCUT2D eigenvalue weighted by Gasteiger charge is 2.73. The molecule has 3 fully saturated rings. The molecular formula is C18H27NO2. The van der Waals surface area contributed by atoms with Crippen molar-refractivity contribution in [2.45, 2.75) is 45.6 Å². The van der Waals surface area contributed by atoms with E-state index in [1.54, 1.807) is 0 Å². The molecule has 1 spiro atoms. The van der Waals surface area contributed by atoms with Gasteiger partial charge in [-0.2, -0.15) is 0 Å². The monoisotopic (exact) mass is 289 g/mol. The van der Waals surface area contributed by atoms with Crippen LogP contribution in [-0.2, 0) is 9.53 Å². The molecule has 3 nitrogen and oxygen atoms in total. The summed E-state index contributed by atoms with van der Waals surface area (Å²) < 4.78 is 5.97. The number of esters is 1. The van der Waals surface area contributed by atoms with Crippen molar-refractivity contribution < 1.29 is 9.53 Å². The lowest BCUT2D eigenvalue weighted by Crippen LogP contribution is -2.34. The molecule has 0 amide bonds. The Hall–Kier alpha value is -0.830.